The van der Waals surface area contributed by atoms with Crippen molar-refractivity contribution in [2.24, 2.45) is 0 Å². The van der Waals surface area contributed by atoms with Crippen molar-refractivity contribution in [2.45, 2.75) is 19.9 Å². The third-order valence-electron chi connectivity index (χ3n) is 5.75. The summed E-state index contributed by atoms with van der Waals surface area (Å²) in [5.74, 6) is -1.15. The highest BCUT2D eigenvalue weighted by atomic mass is 79.9. The zero-order chi connectivity index (χ0) is 22.5. The average Bonchev–Trinajstić information content (AvgIpc) is 3.04. The number of ketones is 1. The Kier molecular flexibility index (Phi) is 7.51. The highest BCUT2D eigenvalue weighted by Crippen LogP contribution is 2.39. The fraction of sp³-hybridized carbons (Fsp3) is 0.333. The number of quaternary nitrogens is 1. The van der Waals surface area contributed by atoms with Gasteiger partial charge in [0.25, 0.3) is 5.91 Å². The molecule has 1 aliphatic rings. The van der Waals surface area contributed by atoms with E-state index in [-0.39, 0.29) is 5.57 Å². The molecule has 6 nitrogen and oxygen atoms in total. The minimum atomic E-state index is -0.722. The van der Waals surface area contributed by atoms with E-state index >= 15 is 0 Å². The van der Waals surface area contributed by atoms with Gasteiger partial charge >= 0.3 is 0 Å². The summed E-state index contributed by atoms with van der Waals surface area (Å²) in [6.45, 7) is 7.14. The van der Waals surface area contributed by atoms with E-state index in [1.807, 2.05) is 24.3 Å². The number of ether oxygens (including phenoxy) is 1. The molecule has 3 rings (SSSR count). The van der Waals surface area contributed by atoms with Crippen molar-refractivity contribution < 1.29 is 24.3 Å². The number of halogens is 1. The van der Waals surface area contributed by atoms with Crippen LogP contribution in [0.2, 0.25) is 0 Å². The third-order valence-corrected chi connectivity index (χ3v) is 6.25. The van der Waals surface area contributed by atoms with Crippen molar-refractivity contribution in [3.63, 3.8) is 0 Å². The number of hydrogen-bond acceptors (Lipinski definition) is 4. The Bertz CT molecular complexity index is 983. The third kappa shape index (κ3) is 4.83. The van der Waals surface area contributed by atoms with Gasteiger partial charge in [-0.05, 0) is 49.2 Å². The lowest BCUT2D eigenvalue weighted by Crippen LogP contribution is -3.12. The largest absolute Gasteiger partial charge is 0.872 e. The lowest BCUT2D eigenvalue weighted by molar-refractivity contribution is -0.895. The highest BCUT2D eigenvalue weighted by molar-refractivity contribution is 9.10. The van der Waals surface area contributed by atoms with Gasteiger partial charge in [-0.2, -0.15) is 0 Å². The molecule has 0 radical (unpaired) electrons. The van der Waals surface area contributed by atoms with Crippen LogP contribution in [-0.2, 0) is 9.59 Å². The van der Waals surface area contributed by atoms with E-state index < -0.39 is 23.5 Å². The van der Waals surface area contributed by atoms with Crippen LogP contribution in [0.1, 0.15) is 31.0 Å². The van der Waals surface area contributed by atoms with Crippen molar-refractivity contribution in [1.29, 1.82) is 0 Å². The van der Waals surface area contributed by atoms with E-state index in [4.69, 9.17) is 4.74 Å². The first kappa shape index (κ1) is 23.0. The van der Waals surface area contributed by atoms with Gasteiger partial charge in [0, 0.05) is 10.0 Å². The predicted molar refractivity (Wildman–Crippen MR) is 120 cm³/mol. The van der Waals surface area contributed by atoms with Crippen LogP contribution in [0.15, 0.2) is 58.6 Å². The Hall–Kier alpha value is -2.64. The van der Waals surface area contributed by atoms with E-state index in [2.05, 4.69) is 29.8 Å². The van der Waals surface area contributed by atoms with Crippen LogP contribution in [0.3, 0.4) is 0 Å². The maximum atomic E-state index is 13.4. The molecule has 1 saturated heterocycles. The van der Waals surface area contributed by atoms with Gasteiger partial charge in [0.05, 0.1) is 39.3 Å². The first-order valence-electron chi connectivity index (χ1n) is 10.4. The molecule has 0 spiro atoms. The van der Waals surface area contributed by atoms with E-state index in [0.29, 0.717) is 24.4 Å². The topological polar surface area (TPSA) is 74.1 Å². The minimum Gasteiger partial charge on any atom is -0.872 e. The van der Waals surface area contributed by atoms with Gasteiger partial charge in [-0.3, -0.25) is 9.59 Å². The van der Waals surface area contributed by atoms with Crippen molar-refractivity contribution >= 4 is 33.4 Å². The second-order valence-electron chi connectivity index (χ2n) is 7.46. The lowest BCUT2D eigenvalue weighted by atomic mass is 9.95. The van der Waals surface area contributed by atoms with E-state index in [1.165, 1.54) is 4.90 Å². The maximum absolute atomic E-state index is 13.4. The fourth-order valence-corrected chi connectivity index (χ4v) is 4.32. The van der Waals surface area contributed by atoms with Crippen LogP contribution in [-0.4, -0.2) is 49.9 Å². The van der Waals surface area contributed by atoms with Crippen LogP contribution < -0.4 is 14.7 Å². The maximum Gasteiger partial charge on any atom is 0.295 e. The number of likely N-dealkylation sites (tertiary alicyclic amines) is 1. The number of nitrogens with one attached hydrogen (secondary N) is 1. The quantitative estimate of drug-likeness (QED) is 0.349. The number of methoxy groups -OCH3 is 1. The van der Waals surface area contributed by atoms with Gasteiger partial charge in [0.1, 0.15) is 5.75 Å². The first-order chi connectivity index (χ1) is 14.9. The van der Waals surface area contributed by atoms with Crippen LogP contribution in [0.25, 0.3) is 5.76 Å². The molecule has 1 atom stereocenters. The molecule has 31 heavy (non-hydrogen) atoms. The average molecular weight is 487 g/mol. The molecule has 0 bridgehead atoms. The van der Waals surface area contributed by atoms with Crippen molar-refractivity contribution in [3.8, 4) is 5.75 Å². The van der Waals surface area contributed by atoms with Crippen molar-refractivity contribution in [2.75, 3.05) is 33.3 Å². The Labute approximate surface area is 191 Å². The van der Waals surface area contributed by atoms with Gasteiger partial charge in [-0.1, -0.05) is 46.0 Å². The van der Waals surface area contributed by atoms with Crippen LogP contribution in [0.5, 0.6) is 5.75 Å². The first-order valence-corrected chi connectivity index (χ1v) is 11.2. The fourth-order valence-electron chi connectivity index (χ4n) is 3.90. The van der Waals surface area contributed by atoms with E-state index in [9.17, 15) is 14.7 Å². The second kappa shape index (κ2) is 10.1. The molecule has 2 aromatic rings. The Morgan fingerprint density at radius 1 is 1.13 bits per heavy atom. The molecule has 7 heteroatoms. The summed E-state index contributed by atoms with van der Waals surface area (Å²) < 4.78 is 5.98. The Balaban J connectivity index is 2.08. The van der Waals surface area contributed by atoms with Gasteiger partial charge in [0.15, 0.2) is 0 Å². The Morgan fingerprint density at radius 3 is 2.39 bits per heavy atom. The number of likely N-dealkylation sites (N-methyl/N-ethyl adjacent to an activating group) is 1. The van der Waals surface area contributed by atoms with Crippen LogP contribution in [0, 0.1) is 0 Å². The Morgan fingerprint density at radius 2 is 1.81 bits per heavy atom. The molecule has 1 N–H and O–H groups in total. The molecular formula is C24H27BrN2O4. The standard InChI is InChI=1S/C24H27BrN2O4/c1-4-26(5-2)13-14-27-21(17-7-6-8-18(25)15-17)20(23(29)24(27)30)22(28)16-9-11-19(31-3)12-10-16/h6-12,15,21,28H,4-5,13-14H2,1-3H3. The van der Waals surface area contributed by atoms with E-state index in [1.54, 1.807) is 36.3 Å². The van der Waals surface area contributed by atoms with Gasteiger partial charge in [-0.25, -0.2) is 0 Å². The summed E-state index contributed by atoms with van der Waals surface area (Å²) in [6.07, 6.45) is 0. The molecule has 1 amide bonds. The summed E-state index contributed by atoms with van der Waals surface area (Å²) in [5, 5.41) is 13.4. The number of rotatable bonds is 8. The zero-order valence-corrected chi connectivity index (χ0v) is 19.6. The summed E-state index contributed by atoms with van der Waals surface area (Å²) in [7, 11) is 1.55. The van der Waals surface area contributed by atoms with Crippen molar-refractivity contribution in [1.82, 2.24) is 4.90 Å². The number of carbonyl (C=O) groups is 2. The van der Waals surface area contributed by atoms with Crippen LogP contribution >= 0.6 is 15.9 Å². The molecular weight excluding hydrogens is 460 g/mol. The molecule has 164 valence electrons. The van der Waals surface area contributed by atoms with E-state index in [0.717, 1.165) is 23.1 Å². The van der Waals surface area contributed by atoms with Gasteiger partial charge in [-0.15, -0.1) is 0 Å². The predicted octanol–water partition coefficient (Wildman–Crippen LogP) is 1.61. The summed E-state index contributed by atoms with van der Waals surface area (Å²) in [5.41, 5.74) is 1.09. The molecule has 2 aromatic carbocycles. The number of Topliss-reactive ketones (excluding diaryl/α,β-unsaturated/α-hetero) is 1. The highest BCUT2D eigenvalue weighted by Gasteiger charge is 2.44. The monoisotopic (exact) mass is 486 g/mol. The summed E-state index contributed by atoms with van der Waals surface area (Å²) >= 11 is 3.46. The normalized spacial score (nSPS) is 18.1. The van der Waals surface area contributed by atoms with Crippen LogP contribution in [0.4, 0.5) is 0 Å². The molecule has 0 aromatic heterocycles. The van der Waals surface area contributed by atoms with Crippen molar-refractivity contribution in [3.05, 3.63) is 69.7 Å². The number of benzene rings is 2. The number of amides is 1. The minimum absolute atomic E-state index is 0.00261. The molecule has 1 unspecified atom stereocenters. The zero-order valence-electron chi connectivity index (χ0n) is 18.0. The smallest absolute Gasteiger partial charge is 0.295 e. The summed E-state index contributed by atoms with van der Waals surface area (Å²) in [4.78, 5) is 28.9. The summed E-state index contributed by atoms with van der Waals surface area (Å²) in [6, 6.07) is 13.3. The van der Waals surface area contributed by atoms with Gasteiger partial charge in [0.2, 0.25) is 5.78 Å². The SMILES string of the molecule is CC[NH+](CC)CCN1C(=O)C(=O)C(=C([O-])c2ccc(OC)cc2)C1c1cccc(Br)c1. The molecule has 1 aliphatic heterocycles. The molecule has 1 heterocycles. The van der Waals surface area contributed by atoms with Gasteiger partial charge < -0.3 is 19.6 Å². The molecule has 0 aliphatic carbocycles. The second-order valence-corrected chi connectivity index (χ2v) is 8.38. The molecule has 0 saturated carbocycles. The number of carbonyl (C=O) groups excluding carboxylic acids is 2. The lowest BCUT2D eigenvalue weighted by Gasteiger charge is -2.28. The number of nitrogens with zero attached hydrogens (tertiary/aromatic N) is 1. The molecule has 1 fully saturated rings. The number of hydrogen-bond donors (Lipinski definition) is 1.